The molecule has 19 heteroatoms. The van der Waals surface area contributed by atoms with Crippen LogP contribution in [-0.2, 0) is 62.0 Å². The number of carbonyl (C=O) groups excluding carboxylic acids is 8. The van der Waals surface area contributed by atoms with Crippen molar-refractivity contribution in [2.45, 2.75) is 128 Å². The second-order valence-electron chi connectivity index (χ2n) is 19.8. The van der Waals surface area contributed by atoms with E-state index in [-0.39, 0.29) is 37.0 Å². The molecule has 11 atom stereocenters. The molecule has 2 bridgehead atoms. The molecule has 1 unspecified atom stereocenters. The van der Waals surface area contributed by atoms with Crippen LogP contribution in [0, 0.1) is 22.7 Å². The first-order valence-corrected chi connectivity index (χ1v) is 24.0. The van der Waals surface area contributed by atoms with E-state index in [1.54, 1.807) is 94.4 Å². The lowest BCUT2D eigenvalue weighted by Gasteiger charge is -2.67. The van der Waals surface area contributed by atoms with Gasteiger partial charge in [-0.15, -0.1) is 0 Å². The number of hydrogen-bond donors (Lipinski definition) is 4. The Balaban J connectivity index is 0.00000103. The quantitative estimate of drug-likeness (QED) is 0.0781. The number of aliphatic hydroxyl groups is 2. The molecule has 73 heavy (non-hydrogen) atoms. The number of fused-ring (bicyclic) bond motifs is 5. The number of ketones is 1. The first kappa shape index (κ1) is 53.7. The van der Waals surface area contributed by atoms with Crippen molar-refractivity contribution in [2.24, 2.45) is 22.7 Å². The fraction of sp³-hybridized carbons (Fsp3) is 0.463. The van der Waals surface area contributed by atoms with E-state index in [2.05, 4.69) is 10.1 Å². The first-order valence-electron chi connectivity index (χ1n) is 24.0. The maximum Gasteiger partial charge on any atom is 0.350 e. The Kier molecular flexibility index (Phi) is 15.6. The molecule has 4 fully saturated rings. The Morgan fingerprint density at radius 1 is 0.822 bits per heavy atom. The fourth-order valence-electron chi connectivity index (χ4n) is 11.4. The summed E-state index contributed by atoms with van der Waals surface area (Å²) in [6.45, 7) is 9.02. The third-order valence-corrected chi connectivity index (χ3v) is 15.1. The summed E-state index contributed by atoms with van der Waals surface area (Å²) in [5.41, 5.74) is -6.03. The third-order valence-electron chi connectivity index (χ3n) is 15.1. The lowest BCUT2D eigenvalue weighted by atomic mass is 9.43. The molecular formula is C54H59NO18. The van der Waals surface area contributed by atoms with Gasteiger partial charge in [0.15, 0.2) is 5.60 Å². The molecule has 3 aromatic rings. The van der Waals surface area contributed by atoms with Crippen LogP contribution in [0.2, 0.25) is 0 Å². The summed E-state index contributed by atoms with van der Waals surface area (Å²) in [4.78, 5) is 116. The second kappa shape index (κ2) is 21.2. The molecule has 4 N–H and O–H groups in total. The summed E-state index contributed by atoms with van der Waals surface area (Å²) >= 11 is 0. The lowest BCUT2D eigenvalue weighted by molar-refractivity contribution is -0.345. The van der Waals surface area contributed by atoms with Crippen LogP contribution in [0.1, 0.15) is 112 Å². The van der Waals surface area contributed by atoms with Gasteiger partial charge in [-0.3, -0.25) is 33.6 Å². The predicted molar refractivity (Wildman–Crippen MR) is 252 cm³/mol. The van der Waals surface area contributed by atoms with E-state index in [1.165, 1.54) is 38.1 Å². The maximum absolute atomic E-state index is 15.4. The number of amides is 1. The number of carboxylic acids is 1. The number of hydrogen-bond acceptors (Lipinski definition) is 17. The number of rotatable bonds is 13. The SMILES string of the molecule is CC(=O)O[C@@]12COC1C[C@H](O)[C@@]1(C)C(=O)[C@H](C)C3=C(C)[C@@H](OC(=O)[C@H](OC(=O)CCC(=O)O)[C@@H](NC(=O)c4ccccc4)c4ccccc4)C[C@@](O)([C@@H](OC(=O)c4ccccc4)[C@@H]12)C3(C)C.O=C1CCC(=O)O1. The first-order chi connectivity index (χ1) is 34.5. The van der Waals surface area contributed by atoms with Gasteiger partial charge in [0, 0.05) is 36.7 Å². The summed E-state index contributed by atoms with van der Waals surface area (Å²) < 4.78 is 34.6. The monoisotopic (exact) mass is 1010 g/mol. The second-order valence-corrected chi connectivity index (χ2v) is 19.8. The molecule has 388 valence electrons. The molecule has 19 nitrogen and oxygen atoms in total. The summed E-state index contributed by atoms with van der Waals surface area (Å²) in [6, 6.07) is 22.7. The van der Waals surface area contributed by atoms with E-state index in [4.69, 9.17) is 23.7 Å². The van der Waals surface area contributed by atoms with Crippen LogP contribution in [0.4, 0.5) is 0 Å². The Hall–Kier alpha value is -7.09. The zero-order valence-electron chi connectivity index (χ0n) is 41.2. The van der Waals surface area contributed by atoms with Crippen molar-refractivity contribution in [1.29, 1.82) is 0 Å². The number of aliphatic hydroxyl groups excluding tert-OH is 1. The summed E-state index contributed by atoms with van der Waals surface area (Å²) in [6.07, 6.45) is -8.91. The summed E-state index contributed by atoms with van der Waals surface area (Å²) in [7, 11) is 0. The minimum atomic E-state index is -2.30. The van der Waals surface area contributed by atoms with E-state index < -0.39 is 143 Å². The molecule has 2 saturated carbocycles. The van der Waals surface area contributed by atoms with E-state index in [1.807, 2.05) is 0 Å². The molecule has 2 saturated heterocycles. The van der Waals surface area contributed by atoms with E-state index in [0.717, 1.165) is 0 Å². The largest absolute Gasteiger partial charge is 0.481 e. The number of esters is 6. The molecule has 1 amide bonds. The molecule has 2 aliphatic heterocycles. The highest BCUT2D eigenvalue weighted by Crippen LogP contribution is 2.65. The van der Waals surface area contributed by atoms with Crippen molar-refractivity contribution in [2.75, 3.05) is 6.61 Å². The fourth-order valence-corrected chi connectivity index (χ4v) is 11.4. The minimum Gasteiger partial charge on any atom is -0.481 e. The Morgan fingerprint density at radius 3 is 1.92 bits per heavy atom. The van der Waals surface area contributed by atoms with Gasteiger partial charge in [-0.1, -0.05) is 87.5 Å². The van der Waals surface area contributed by atoms with Gasteiger partial charge in [-0.25, -0.2) is 9.59 Å². The predicted octanol–water partition coefficient (Wildman–Crippen LogP) is 4.71. The number of carbonyl (C=O) groups is 9. The highest BCUT2D eigenvalue weighted by atomic mass is 16.6. The standard InChI is InChI=1S/C50H55NO15.C4H4O3/c1-27-33(63-46(60)40(64-37(56)23-22-36(54)55)39(30-16-10-7-11-17-30)51-44(58)31-18-12-8-13-19-31)25-50(61)43(65-45(59)32-20-14-9-15-21-32)41-48(6,42(57)28(2)38(27)47(50,4)5)34(53)24-35-49(41,26-62-35)66-29(3)52;5-3-1-2-4(6)7-3/h7-21,28,33-35,39-41,43,53,61H,22-26H2,1-6H3,(H,51,58)(H,54,55);1-2H2/t28-,33+,34+,35?,39+,40-,41+,43+,48-,49+,50-;/m1./s1. The zero-order valence-corrected chi connectivity index (χ0v) is 41.2. The van der Waals surface area contributed by atoms with Gasteiger partial charge in [0.25, 0.3) is 5.91 Å². The number of carboxylic acid groups (broad SMARTS) is 1. The highest BCUT2D eigenvalue weighted by molar-refractivity contribution is 5.96. The van der Waals surface area contributed by atoms with Crippen LogP contribution < -0.4 is 5.32 Å². The van der Waals surface area contributed by atoms with Crippen molar-refractivity contribution in [3.05, 3.63) is 119 Å². The molecule has 3 aromatic carbocycles. The Bertz CT molecular complexity index is 2670. The zero-order chi connectivity index (χ0) is 53.2. The molecular weight excluding hydrogens is 951 g/mol. The molecule has 2 heterocycles. The number of benzene rings is 3. The van der Waals surface area contributed by atoms with Gasteiger partial charge in [-0.2, -0.15) is 0 Å². The number of cyclic esters (lactones) is 2. The Morgan fingerprint density at radius 2 is 1.40 bits per heavy atom. The van der Waals surface area contributed by atoms with Crippen molar-refractivity contribution >= 4 is 53.5 Å². The summed E-state index contributed by atoms with van der Waals surface area (Å²) in [5.74, 6) is -9.74. The number of Topliss-reactive ketones (excluding diaryl/α,β-unsaturated/α-hetero) is 1. The van der Waals surface area contributed by atoms with Crippen LogP contribution in [0.5, 0.6) is 0 Å². The Labute approximate surface area is 420 Å². The van der Waals surface area contributed by atoms with Gasteiger partial charge in [0.2, 0.25) is 6.10 Å². The summed E-state index contributed by atoms with van der Waals surface area (Å²) in [5, 5.41) is 38.0. The van der Waals surface area contributed by atoms with E-state index >= 15 is 4.79 Å². The highest BCUT2D eigenvalue weighted by Gasteiger charge is 2.77. The molecule has 0 spiro atoms. The van der Waals surface area contributed by atoms with Gasteiger partial charge in [-0.05, 0) is 54.8 Å². The van der Waals surface area contributed by atoms with E-state index in [9.17, 15) is 53.7 Å². The van der Waals surface area contributed by atoms with Crippen molar-refractivity contribution in [3.8, 4) is 0 Å². The molecule has 5 aliphatic rings. The van der Waals surface area contributed by atoms with Crippen LogP contribution in [0.3, 0.4) is 0 Å². The molecule has 0 radical (unpaired) electrons. The lowest BCUT2D eigenvalue weighted by Crippen LogP contribution is -2.81. The van der Waals surface area contributed by atoms with Gasteiger partial charge >= 0.3 is 41.8 Å². The number of aliphatic carboxylic acids is 1. The number of ether oxygens (including phenoxy) is 6. The normalized spacial score (nSPS) is 29.6. The third kappa shape index (κ3) is 10.3. The molecule has 0 aromatic heterocycles. The van der Waals surface area contributed by atoms with Gasteiger partial charge in [0.1, 0.15) is 35.7 Å². The smallest absolute Gasteiger partial charge is 0.350 e. The molecule has 3 aliphatic carbocycles. The average molecular weight is 1010 g/mol. The van der Waals surface area contributed by atoms with Crippen LogP contribution >= 0.6 is 0 Å². The van der Waals surface area contributed by atoms with E-state index in [0.29, 0.717) is 16.7 Å². The van der Waals surface area contributed by atoms with Crippen LogP contribution in [0.25, 0.3) is 0 Å². The topological polar surface area (TPSA) is 282 Å². The van der Waals surface area contributed by atoms with Crippen molar-refractivity contribution < 1.29 is 86.9 Å². The minimum absolute atomic E-state index is 0.0875. The van der Waals surface area contributed by atoms with Crippen molar-refractivity contribution in [1.82, 2.24) is 5.32 Å². The van der Waals surface area contributed by atoms with Crippen molar-refractivity contribution in [3.63, 3.8) is 0 Å². The molecule has 8 rings (SSSR count). The van der Waals surface area contributed by atoms with Gasteiger partial charge in [0.05, 0.1) is 55.3 Å². The van der Waals surface area contributed by atoms with Crippen LogP contribution in [0.15, 0.2) is 102 Å². The van der Waals surface area contributed by atoms with Gasteiger partial charge < -0.3 is 49.1 Å². The van der Waals surface area contributed by atoms with Crippen LogP contribution in [-0.4, -0.2) is 117 Å². The number of nitrogens with one attached hydrogen (secondary N) is 1. The average Bonchev–Trinajstić information content (AvgIpc) is 3.75. The maximum atomic E-state index is 15.4.